The Morgan fingerprint density at radius 3 is 2.42 bits per heavy atom. The number of nitrogens with one attached hydrogen (secondary N) is 1. The van der Waals surface area contributed by atoms with Gasteiger partial charge in [0.15, 0.2) is 6.04 Å². The summed E-state index contributed by atoms with van der Waals surface area (Å²) in [4.78, 5) is 23.4. The van der Waals surface area contributed by atoms with Gasteiger partial charge in [-0.15, -0.1) is 0 Å². The monoisotopic (exact) mass is 283 g/mol. The Morgan fingerprint density at radius 1 is 1.37 bits per heavy atom. The summed E-state index contributed by atoms with van der Waals surface area (Å²) in [6.45, 7) is 5.42. The fraction of sp³-hybridized carbons (Fsp3) is 0.429. The molecule has 1 amide bonds. The van der Waals surface area contributed by atoms with Gasteiger partial charge >= 0.3 is 5.97 Å². The number of amides is 1. The minimum Gasteiger partial charge on any atom is -0.479 e. The van der Waals surface area contributed by atoms with Crippen LogP contribution < -0.4 is 5.32 Å². The predicted molar refractivity (Wildman–Crippen MR) is 74.0 cm³/mol. The first-order chi connectivity index (χ1) is 8.79. The highest BCUT2D eigenvalue weighted by Gasteiger charge is 2.31. The summed E-state index contributed by atoms with van der Waals surface area (Å²) in [5, 5.41) is 12.1. The quantitative estimate of drug-likeness (QED) is 0.873. The Bertz CT molecular complexity index is 485. The molecule has 4 nitrogen and oxygen atoms in total. The second kappa shape index (κ2) is 6.06. The first-order valence-electron chi connectivity index (χ1n) is 6.07. The van der Waals surface area contributed by atoms with E-state index in [2.05, 4.69) is 5.32 Å². The second-order valence-corrected chi connectivity index (χ2v) is 5.41. The number of hydrogen-bond donors (Lipinski definition) is 2. The van der Waals surface area contributed by atoms with Gasteiger partial charge in [-0.25, -0.2) is 4.79 Å². The Kier molecular flexibility index (Phi) is 4.95. The molecule has 1 aromatic carbocycles. The molecule has 0 fully saturated rings. The maximum atomic E-state index is 12.1. The van der Waals surface area contributed by atoms with Crippen molar-refractivity contribution in [1.29, 1.82) is 0 Å². The van der Waals surface area contributed by atoms with Gasteiger partial charge in [-0.1, -0.05) is 50.6 Å². The van der Waals surface area contributed by atoms with Gasteiger partial charge in [-0.3, -0.25) is 4.79 Å². The highest BCUT2D eigenvalue weighted by Crippen LogP contribution is 2.26. The van der Waals surface area contributed by atoms with Gasteiger partial charge in [-0.05, 0) is 12.5 Å². The van der Waals surface area contributed by atoms with Crippen LogP contribution in [-0.4, -0.2) is 17.0 Å². The Labute approximate surface area is 117 Å². The van der Waals surface area contributed by atoms with Crippen molar-refractivity contribution in [3.05, 3.63) is 34.9 Å². The summed E-state index contributed by atoms with van der Waals surface area (Å²) in [6, 6.07) is 5.47. The summed E-state index contributed by atoms with van der Waals surface area (Å²) in [7, 11) is 0. The van der Waals surface area contributed by atoms with Crippen LogP contribution >= 0.6 is 11.6 Å². The number of carboxylic acid groups (broad SMARTS) is 1. The van der Waals surface area contributed by atoms with Crippen LogP contribution in [0.25, 0.3) is 0 Å². The molecule has 0 saturated heterocycles. The molecule has 1 rings (SSSR count). The molecule has 0 aliphatic rings. The average molecular weight is 284 g/mol. The molecule has 2 N–H and O–H groups in total. The highest BCUT2D eigenvalue weighted by atomic mass is 35.5. The van der Waals surface area contributed by atoms with Crippen LogP contribution in [0.1, 0.15) is 38.8 Å². The van der Waals surface area contributed by atoms with Gasteiger partial charge in [0.25, 0.3) is 0 Å². The number of rotatable bonds is 5. The van der Waals surface area contributed by atoms with Crippen molar-refractivity contribution in [1.82, 2.24) is 5.32 Å². The SMILES string of the molecule is CCC(C)(C)C(=O)N[C@@H](C(=O)O)c1ccccc1Cl. The topological polar surface area (TPSA) is 66.4 Å². The van der Waals surface area contributed by atoms with Crippen molar-refractivity contribution >= 4 is 23.5 Å². The Hall–Kier alpha value is -1.55. The van der Waals surface area contributed by atoms with Crippen molar-refractivity contribution in [2.75, 3.05) is 0 Å². The largest absolute Gasteiger partial charge is 0.479 e. The highest BCUT2D eigenvalue weighted by molar-refractivity contribution is 6.31. The summed E-state index contributed by atoms with van der Waals surface area (Å²) >= 11 is 5.98. The number of carboxylic acids is 1. The molecule has 104 valence electrons. The Balaban J connectivity index is 3.02. The van der Waals surface area contributed by atoms with E-state index in [0.29, 0.717) is 17.0 Å². The number of carbonyl (C=O) groups is 2. The van der Waals surface area contributed by atoms with Gasteiger partial charge in [0.05, 0.1) is 0 Å². The van der Waals surface area contributed by atoms with Crippen molar-refractivity contribution in [2.24, 2.45) is 5.41 Å². The molecule has 1 atom stereocenters. The van der Waals surface area contributed by atoms with E-state index >= 15 is 0 Å². The molecule has 0 aliphatic carbocycles. The first kappa shape index (κ1) is 15.5. The molecular weight excluding hydrogens is 266 g/mol. The molecule has 19 heavy (non-hydrogen) atoms. The van der Waals surface area contributed by atoms with E-state index in [0.717, 1.165) is 0 Å². The third-order valence-corrected chi connectivity index (χ3v) is 3.58. The van der Waals surface area contributed by atoms with Crippen molar-refractivity contribution < 1.29 is 14.7 Å². The number of halogens is 1. The lowest BCUT2D eigenvalue weighted by atomic mass is 9.88. The van der Waals surface area contributed by atoms with Crippen LogP contribution in [-0.2, 0) is 9.59 Å². The zero-order valence-corrected chi connectivity index (χ0v) is 12.0. The molecule has 0 bridgehead atoms. The van der Waals surface area contributed by atoms with Crippen molar-refractivity contribution in [3.63, 3.8) is 0 Å². The van der Waals surface area contributed by atoms with E-state index < -0.39 is 17.4 Å². The maximum Gasteiger partial charge on any atom is 0.330 e. The standard InChI is InChI=1S/C14H18ClNO3/c1-4-14(2,3)13(19)16-11(12(17)18)9-7-5-6-8-10(9)15/h5-8,11H,4H2,1-3H3,(H,16,19)(H,17,18)/t11-/m1/s1. The Morgan fingerprint density at radius 2 is 1.95 bits per heavy atom. The van der Waals surface area contributed by atoms with E-state index in [1.54, 1.807) is 38.1 Å². The molecule has 0 saturated carbocycles. The molecule has 0 radical (unpaired) electrons. The number of carbonyl (C=O) groups excluding carboxylic acids is 1. The molecule has 1 aromatic rings. The van der Waals surface area contributed by atoms with Gasteiger partial charge in [0, 0.05) is 16.0 Å². The number of aliphatic carboxylic acids is 1. The molecular formula is C14H18ClNO3. The molecule has 5 heteroatoms. The zero-order chi connectivity index (χ0) is 14.6. The van der Waals surface area contributed by atoms with Crippen LogP contribution in [0, 0.1) is 5.41 Å². The third kappa shape index (κ3) is 3.70. The molecule has 0 unspecified atom stereocenters. The summed E-state index contributed by atoms with van der Waals surface area (Å²) in [5.41, 5.74) is -0.230. The smallest absolute Gasteiger partial charge is 0.330 e. The van der Waals surface area contributed by atoms with E-state index in [1.165, 1.54) is 0 Å². The minimum atomic E-state index is -1.13. The summed E-state index contributed by atoms with van der Waals surface area (Å²) in [5.74, 6) is -1.43. The van der Waals surface area contributed by atoms with Gasteiger partial charge < -0.3 is 10.4 Å². The van der Waals surface area contributed by atoms with E-state index in [1.807, 2.05) is 6.92 Å². The molecule has 0 heterocycles. The lowest BCUT2D eigenvalue weighted by Gasteiger charge is -2.25. The summed E-state index contributed by atoms with van der Waals surface area (Å²) in [6.07, 6.45) is 0.619. The normalized spacial score (nSPS) is 12.8. The second-order valence-electron chi connectivity index (χ2n) is 5.00. The predicted octanol–water partition coefficient (Wildman–Crippen LogP) is 3.02. The minimum absolute atomic E-state index is 0.303. The van der Waals surface area contributed by atoms with Crippen LogP contribution in [0.3, 0.4) is 0 Å². The van der Waals surface area contributed by atoms with E-state index in [4.69, 9.17) is 11.6 Å². The number of hydrogen-bond acceptors (Lipinski definition) is 2. The van der Waals surface area contributed by atoms with Crippen molar-refractivity contribution in [3.8, 4) is 0 Å². The third-order valence-electron chi connectivity index (χ3n) is 3.24. The molecule has 0 spiro atoms. The lowest BCUT2D eigenvalue weighted by molar-refractivity contribution is -0.143. The van der Waals surface area contributed by atoms with E-state index in [9.17, 15) is 14.7 Å². The van der Waals surface area contributed by atoms with Gasteiger partial charge in [0.1, 0.15) is 0 Å². The van der Waals surface area contributed by atoms with Crippen LogP contribution in [0.5, 0.6) is 0 Å². The molecule has 0 aliphatic heterocycles. The van der Waals surface area contributed by atoms with Crippen LogP contribution in [0.2, 0.25) is 5.02 Å². The van der Waals surface area contributed by atoms with Gasteiger partial charge in [0.2, 0.25) is 5.91 Å². The summed E-state index contributed by atoms with van der Waals surface area (Å²) < 4.78 is 0. The zero-order valence-electron chi connectivity index (χ0n) is 11.2. The first-order valence-corrected chi connectivity index (χ1v) is 6.45. The van der Waals surface area contributed by atoms with Gasteiger partial charge in [-0.2, -0.15) is 0 Å². The maximum absolute atomic E-state index is 12.1. The van der Waals surface area contributed by atoms with Crippen LogP contribution in [0.4, 0.5) is 0 Å². The molecule has 0 aromatic heterocycles. The average Bonchev–Trinajstić information content (AvgIpc) is 2.36. The fourth-order valence-electron chi connectivity index (χ4n) is 1.47. The number of benzene rings is 1. The van der Waals surface area contributed by atoms with Crippen molar-refractivity contribution in [2.45, 2.75) is 33.2 Å². The fourth-order valence-corrected chi connectivity index (χ4v) is 1.71. The lowest BCUT2D eigenvalue weighted by Crippen LogP contribution is -2.41. The van der Waals surface area contributed by atoms with E-state index in [-0.39, 0.29) is 5.91 Å². The van der Waals surface area contributed by atoms with Crippen LogP contribution in [0.15, 0.2) is 24.3 Å².